The maximum atomic E-state index is 6.24. The number of nitrogens with two attached hydrogens (primary N) is 1. The maximum Gasteiger partial charge on any atom is 0.0745 e. The van der Waals surface area contributed by atoms with E-state index < -0.39 is 0 Å². The minimum atomic E-state index is -0.197. The van der Waals surface area contributed by atoms with E-state index in [1.807, 2.05) is 31.3 Å². The molecule has 2 N–H and O–H groups in total. The van der Waals surface area contributed by atoms with E-state index in [1.54, 1.807) is 10.9 Å². The molecule has 1 aromatic heterocycles. The summed E-state index contributed by atoms with van der Waals surface area (Å²) in [6.45, 7) is 0. The van der Waals surface area contributed by atoms with E-state index in [1.165, 1.54) is 0 Å². The average molecular weight is 345 g/mol. The first-order valence-corrected chi connectivity index (χ1v) is 6.37. The molecular formula is C11H11Br2N3. The highest BCUT2D eigenvalue weighted by atomic mass is 79.9. The van der Waals surface area contributed by atoms with Crippen molar-refractivity contribution < 1.29 is 0 Å². The summed E-state index contributed by atoms with van der Waals surface area (Å²) in [6, 6.07) is 7.74. The first-order valence-electron chi connectivity index (χ1n) is 4.78. The third-order valence-electron chi connectivity index (χ3n) is 2.47. The van der Waals surface area contributed by atoms with Crippen molar-refractivity contribution in [1.29, 1.82) is 0 Å². The topological polar surface area (TPSA) is 43.8 Å². The quantitative estimate of drug-likeness (QED) is 0.910. The van der Waals surface area contributed by atoms with Crippen LogP contribution >= 0.6 is 31.9 Å². The molecule has 2 rings (SSSR count). The fraction of sp³-hybridized carbons (Fsp3) is 0.182. The largest absolute Gasteiger partial charge is 0.319 e. The molecule has 5 heteroatoms. The van der Waals surface area contributed by atoms with E-state index >= 15 is 0 Å². The number of hydrogen-bond donors (Lipinski definition) is 1. The lowest BCUT2D eigenvalue weighted by molar-refractivity contribution is 0.670. The monoisotopic (exact) mass is 343 g/mol. The van der Waals surface area contributed by atoms with Gasteiger partial charge in [0.1, 0.15) is 0 Å². The summed E-state index contributed by atoms with van der Waals surface area (Å²) in [6.07, 6.45) is 1.76. The zero-order valence-electron chi connectivity index (χ0n) is 8.69. The fourth-order valence-corrected chi connectivity index (χ4v) is 2.77. The van der Waals surface area contributed by atoms with Crippen molar-refractivity contribution in [2.24, 2.45) is 12.8 Å². The smallest absolute Gasteiger partial charge is 0.0745 e. The first kappa shape index (κ1) is 11.8. The highest BCUT2D eigenvalue weighted by molar-refractivity contribution is 9.10. The van der Waals surface area contributed by atoms with Crippen LogP contribution in [-0.2, 0) is 7.05 Å². The molecule has 3 nitrogen and oxygen atoms in total. The number of halogens is 2. The highest BCUT2D eigenvalue weighted by Gasteiger charge is 2.18. The second-order valence-electron chi connectivity index (χ2n) is 3.50. The van der Waals surface area contributed by atoms with Crippen molar-refractivity contribution in [2.45, 2.75) is 6.04 Å². The number of rotatable bonds is 2. The Bertz CT molecular complexity index is 488. The number of aryl methyl sites for hydroxylation is 1. The van der Waals surface area contributed by atoms with Gasteiger partial charge in [0, 0.05) is 11.5 Å². The first-order chi connectivity index (χ1) is 7.61. The van der Waals surface area contributed by atoms with Gasteiger partial charge in [0.05, 0.1) is 22.4 Å². The van der Waals surface area contributed by atoms with Gasteiger partial charge >= 0.3 is 0 Å². The van der Waals surface area contributed by atoms with Gasteiger partial charge in [-0.3, -0.25) is 4.68 Å². The second-order valence-corrected chi connectivity index (χ2v) is 5.21. The molecule has 0 amide bonds. The molecule has 1 heterocycles. The van der Waals surface area contributed by atoms with Crippen molar-refractivity contribution in [1.82, 2.24) is 9.78 Å². The normalized spacial score (nSPS) is 12.8. The van der Waals surface area contributed by atoms with E-state index in [0.29, 0.717) is 0 Å². The second kappa shape index (κ2) is 4.69. The van der Waals surface area contributed by atoms with Gasteiger partial charge in [0.15, 0.2) is 0 Å². The summed E-state index contributed by atoms with van der Waals surface area (Å²) >= 11 is 6.97. The molecule has 1 unspecified atom stereocenters. The molecule has 0 radical (unpaired) electrons. The molecule has 2 aromatic rings. The van der Waals surface area contributed by atoms with Gasteiger partial charge in [0.2, 0.25) is 0 Å². The summed E-state index contributed by atoms with van der Waals surface area (Å²) < 4.78 is 3.72. The van der Waals surface area contributed by atoms with Gasteiger partial charge in [-0.2, -0.15) is 5.10 Å². The Morgan fingerprint density at radius 3 is 2.50 bits per heavy atom. The molecule has 84 valence electrons. The summed E-state index contributed by atoms with van der Waals surface area (Å²) in [7, 11) is 1.89. The van der Waals surface area contributed by atoms with E-state index in [-0.39, 0.29) is 6.04 Å². The van der Waals surface area contributed by atoms with Crippen LogP contribution in [0.15, 0.2) is 39.4 Å². The molecular weight excluding hydrogens is 334 g/mol. The maximum absolute atomic E-state index is 6.24. The Balaban J connectivity index is 2.47. The van der Waals surface area contributed by atoms with Crippen LogP contribution in [0.3, 0.4) is 0 Å². The minimum Gasteiger partial charge on any atom is -0.319 e. The van der Waals surface area contributed by atoms with Gasteiger partial charge in [-0.15, -0.1) is 0 Å². The molecule has 0 fully saturated rings. The SMILES string of the molecule is Cn1ncc(Br)c1C(N)c1ccccc1Br. The molecule has 0 aliphatic heterocycles. The van der Waals surface area contributed by atoms with Crippen LogP contribution in [0.1, 0.15) is 17.3 Å². The Labute approximate surface area is 111 Å². The lowest BCUT2D eigenvalue weighted by Crippen LogP contribution is -2.16. The molecule has 16 heavy (non-hydrogen) atoms. The third kappa shape index (κ3) is 2.07. The van der Waals surface area contributed by atoms with Crippen molar-refractivity contribution >= 4 is 31.9 Å². The molecule has 0 bridgehead atoms. The van der Waals surface area contributed by atoms with Gasteiger partial charge in [-0.1, -0.05) is 34.1 Å². The van der Waals surface area contributed by atoms with Crippen LogP contribution in [0.25, 0.3) is 0 Å². The highest BCUT2D eigenvalue weighted by Crippen LogP contribution is 2.30. The summed E-state index contributed by atoms with van der Waals surface area (Å²) in [4.78, 5) is 0. The molecule has 0 aliphatic carbocycles. The summed E-state index contributed by atoms with van der Waals surface area (Å²) in [5.41, 5.74) is 8.26. The van der Waals surface area contributed by atoms with Gasteiger partial charge in [0.25, 0.3) is 0 Å². The standard InChI is InChI=1S/C11H11Br2N3/c1-16-11(9(13)6-15-16)10(14)7-4-2-3-5-8(7)12/h2-6,10H,14H2,1H3. The van der Waals surface area contributed by atoms with Crippen molar-refractivity contribution in [3.63, 3.8) is 0 Å². The van der Waals surface area contributed by atoms with Gasteiger partial charge in [-0.05, 0) is 27.6 Å². The van der Waals surface area contributed by atoms with Gasteiger partial charge in [-0.25, -0.2) is 0 Å². The summed E-state index contributed by atoms with van der Waals surface area (Å²) in [5.74, 6) is 0. The van der Waals surface area contributed by atoms with Crippen molar-refractivity contribution in [3.8, 4) is 0 Å². The van der Waals surface area contributed by atoms with Gasteiger partial charge < -0.3 is 5.73 Å². The van der Waals surface area contributed by atoms with E-state index in [9.17, 15) is 0 Å². The fourth-order valence-electron chi connectivity index (χ4n) is 1.64. The molecule has 0 aliphatic rings. The summed E-state index contributed by atoms with van der Waals surface area (Å²) in [5, 5.41) is 4.17. The van der Waals surface area contributed by atoms with Crippen LogP contribution in [0.2, 0.25) is 0 Å². The lowest BCUT2D eigenvalue weighted by Gasteiger charge is -2.14. The lowest BCUT2D eigenvalue weighted by atomic mass is 10.1. The van der Waals surface area contributed by atoms with Crippen LogP contribution < -0.4 is 5.73 Å². The van der Waals surface area contributed by atoms with Crippen LogP contribution in [0.4, 0.5) is 0 Å². The number of nitrogens with zero attached hydrogens (tertiary/aromatic N) is 2. The molecule has 0 saturated carbocycles. The van der Waals surface area contributed by atoms with E-state index in [0.717, 1.165) is 20.2 Å². The van der Waals surface area contributed by atoms with Crippen molar-refractivity contribution in [2.75, 3.05) is 0 Å². The Morgan fingerprint density at radius 2 is 1.94 bits per heavy atom. The third-order valence-corrected chi connectivity index (χ3v) is 3.81. The van der Waals surface area contributed by atoms with E-state index in [2.05, 4.69) is 37.0 Å². The molecule has 0 saturated heterocycles. The molecule has 1 aromatic carbocycles. The number of benzene rings is 1. The number of hydrogen-bond acceptors (Lipinski definition) is 2. The van der Waals surface area contributed by atoms with Crippen molar-refractivity contribution in [3.05, 3.63) is 50.7 Å². The zero-order chi connectivity index (χ0) is 11.7. The Hall–Kier alpha value is -0.650. The molecule has 1 atom stereocenters. The minimum absolute atomic E-state index is 0.197. The Kier molecular flexibility index (Phi) is 3.47. The number of aromatic nitrogens is 2. The predicted molar refractivity (Wildman–Crippen MR) is 71.1 cm³/mol. The average Bonchev–Trinajstić information content (AvgIpc) is 2.58. The molecule has 0 spiro atoms. The van der Waals surface area contributed by atoms with Crippen LogP contribution in [0, 0.1) is 0 Å². The van der Waals surface area contributed by atoms with E-state index in [4.69, 9.17) is 5.73 Å². The van der Waals surface area contributed by atoms with Crippen LogP contribution in [0.5, 0.6) is 0 Å². The predicted octanol–water partition coefficient (Wildman–Crippen LogP) is 2.99. The zero-order valence-corrected chi connectivity index (χ0v) is 11.9. The Morgan fingerprint density at radius 1 is 1.25 bits per heavy atom. The van der Waals surface area contributed by atoms with Crippen LogP contribution in [-0.4, -0.2) is 9.78 Å².